The fourth-order valence-electron chi connectivity index (χ4n) is 2.42. The van der Waals surface area contributed by atoms with E-state index in [1.165, 1.54) is 10.4 Å². The van der Waals surface area contributed by atoms with Crippen molar-refractivity contribution < 1.29 is 4.79 Å². The second-order valence-electron chi connectivity index (χ2n) is 4.64. The molecule has 1 aliphatic rings. The van der Waals surface area contributed by atoms with Crippen molar-refractivity contribution in [3.05, 3.63) is 56.7 Å². The fraction of sp³-hybridized carbons (Fsp3) is 0.267. The first-order chi connectivity index (χ1) is 9.25. The molecule has 2 heterocycles. The van der Waals surface area contributed by atoms with Crippen molar-refractivity contribution in [2.24, 2.45) is 0 Å². The van der Waals surface area contributed by atoms with Gasteiger partial charge in [0, 0.05) is 18.0 Å². The average molecular weight is 292 g/mol. The number of rotatable bonds is 1. The minimum atomic E-state index is 0.0424. The number of fused-ring (bicyclic) bond motifs is 1. The van der Waals surface area contributed by atoms with E-state index in [0.29, 0.717) is 10.6 Å². The van der Waals surface area contributed by atoms with Gasteiger partial charge in [-0.15, -0.1) is 11.3 Å². The number of thiophene rings is 1. The molecule has 4 heteroatoms. The molecule has 0 aliphatic carbocycles. The first-order valence-electron chi connectivity index (χ1n) is 6.35. The maximum Gasteiger partial charge on any atom is 0.255 e. The Balaban J connectivity index is 1.79. The molecular formula is C15H14ClNOS. The minimum absolute atomic E-state index is 0.0424. The molecule has 3 rings (SSSR count). The lowest BCUT2D eigenvalue weighted by molar-refractivity contribution is 0.0763. The second kappa shape index (κ2) is 5.35. The molecule has 2 nitrogen and oxygen atoms in total. The van der Waals surface area contributed by atoms with E-state index in [1.54, 1.807) is 23.5 Å². The van der Waals surface area contributed by atoms with E-state index in [4.69, 9.17) is 11.6 Å². The lowest BCUT2D eigenvalue weighted by atomic mass is 10.2. The lowest BCUT2D eigenvalue weighted by Crippen LogP contribution is -2.33. The van der Waals surface area contributed by atoms with Crippen LogP contribution in [0.15, 0.2) is 35.7 Å². The van der Waals surface area contributed by atoms with Gasteiger partial charge in [0.25, 0.3) is 5.91 Å². The maximum absolute atomic E-state index is 12.5. The highest BCUT2D eigenvalue weighted by Crippen LogP contribution is 2.23. The number of carbonyl (C=O) groups is 1. The Kier molecular flexibility index (Phi) is 3.58. The third-order valence-corrected chi connectivity index (χ3v) is 4.84. The van der Waals surface area contributed by atoms with Crippen molar-refractivity contribution in [3.63, 3.8) is 0 Å². The van der Waals surface area contributed by atoms with Crippen LogP contribution in [0.4, 0.5) is 0 Å². The van der Waals surface area contributed by atoms with Crippen LogP contribution in [0, 0.1) is 0 Å². The van der Waals surface area contributed by atoms with Gasteiger partial charge in [0.1, 0.15) is 0 Å². The third-order valence-electron chi connectivity index (χ3n) is 3.49. The van der Waals surface area contributed by atoms with Crippen molar-refractivity contribution in [3.8, 4) is 0 Å². The summed E-state index contributed by atoms with van der Waals surface area (Å²) in [5.41, 5.74) is 1.99. The molecule has 0 bridgehead atoms. The Bertz CT molecular complexity index is 585. The predicted molar refractivity (Wildman–Crippen MR) is 79.1 cm³/mol. The van der Waals surface area contributed by atoms with Gasteiger partial charge in [-0.2, -0.15) is 0 Å². The monoisotopic (exact) mass is 291 g/mol. The quantitative estimate of drug-likeness (QED) is 0.785. The third kappa shape index (κ3) is 2.53. The zero-order valence-corrected chi connectivity index (χ0v) is 12.0. The van der Waals surface area contributed by atoms with E-state index in [9.17, 15) is 4.79 Å². The molecule has 0 radical (unpaired) electrons. The van der Waals surface area contributed by atoms with Gasteiger partial charge in [0.15, 0.2) is 0 Å². The Morgan fingerprint density at radius 1 is 1.16 bits per heavy atom. The molecule has 1 aromatic carbocycles. The SMILES string of the molecule is O=C(c1ccccc1Cl)N1CCc2ccsc2CC1. The summed E-state index contributed by atoms with van der Waals surface area (Å²) in [7, 11) is 0. The van der Waals surface area contributed by atoms with Crippen LogP contribution in [0.1, 0.15) is 20.8 Å². The minimum Gasteiger partial charge on any atom is -0.338 e. The Morgan fingerprint density at radius 2 is 1.95 bits per heavy atom. The molecule has 2 aromatic rings. The van der Waals surface area contributed by atoms with E-state index in [-0.39, 0.29) is 5.91 Å². The molecule has 1 aromatic heterocycles. The molecule has 0 atom stereocenters. The smallest absolute Gasteiger partial charge is 0.255 e. The Hall–Kier alpha value is -1.32. The summed E-state index contributed by atoms with van der Waals surface area (Å²) in [4.78, 5) is 15.8. The van der Waals surface area contributed by atoms with Gasteiger partial charge < -0.3 is 4.90 Å². The second-order valence-corrected chi connectivity index (χ2v) is 6.05. The predicted octanol–water partition coefficient (Wildman–Crippen LogP) is 3.64. The zero-order chi connectivity index (χ0) is 13.2. The largest absolute Gasteiger partial charge is 0.338 e. The van der Waals surface area contributed by atoms with Crippen LogP contribution in [0.25, 0.3) is 0 Å². The highest BCUT2D eigenvalue weighted by Gasteiger charge is 2.21. The maximum atomic E-state index is 12.5. The van der Waals surface area contributed by atoms with Crippen molar-refractivity contribution in [2.45, 2.75) is 12.8 Å². The Morgan fingerprint density at radius 3 is 2.79 bits per heavy atom. The van der Waals surface area contributed by atoms with Gasteiger partial charge in [-0.1, -0.05) is 23.7 Å². The van der Waals surface area contributed by atoms with Gasteiger partial charge in [-0.05, 0) is 42.0 Å². The number of benzene rings is 1. The van der Waals surface area contributed by atoms with Crippen LogP contribution in [-0.2, 0) is 12.8 Å². The van der Waals surface area contributed by atoms with Crippen molar-refractivity contribution in [1.29, 1.82) is 0 Å². The summed E-state index contributed by atoms with van der Waals surface area (Å²) >= 11 is 7.89. The Labute approximate surface area is 121 Å². The normalized spacial score (nSPS) is 14.9. The zero-order valence-electron chi connectivity index (χ0n) is 10.4. The number of nitrogens with zero attached hydrogens (tertiary/aromatic N) is 1. The summed E-state index contributed by atoms with van der Waals surface area (Å²) in [6.45, 7) is 1.55. The van der Waals surface area contributed by atoms with E-state index in [2.05, 4.69) is 11.4 Å². The van der Waals surface area contributed by atoms with Crippen molar-refractivity contribution in [2.75, 3.05) is 13.1 Å². The standard InChI is InChI=1S/C15H14ClNOS/c16-13-4-2-1-3-12(13)15(18)17-8-5-11-7-10-19-14(11)6-9-17/h1-4,7,10H,5-6,8-9H2. The van der Waals surface area contributed by atoms with Crippen LogP contribution >= 0.6 is 22.9 Å². The van der Waals surface area contributed by atoms with Crippen LogP contribution in [0.3, 0.4) is 0 Å². The molecule has 0 N–H and O–H groups in total. The number of carbonyl (C=O) groups excluding carboxylic acids is 1. The van der Waals surface area contributed by atoms with E-state index >= 15 is 0 Å². The number of amides is 1. The number of halogens is 1. The average Bonchev–Trinajstić information content (AvgIpc) is 2.78. The molecule has 1 amide bonds. The molecule has 1 aliphatic heterocycles. The number of hydrogen-bond acceptors (Lipinski definition) is 2. The molecule has 0 saturated carbocycles. The fourth-order valence-corrected chi connectivity index (χ4v) is 3.56. The summed E-state index contributed by atoms with van der Waals surface area (Å²) < 4.78 is 0. The van der Waals surface area contributed by atoms with Crippen LogP contribution in [0.2, 0.25) is 5.02 Å². The first-order valence-corrected chi connectivity index (χ1v) is 7.60. The lowest BCUT2D eigenvalue weighted by Gasteiger charge is -2.20. The van der Waals surface area contributed by atoms with Crippen molar-refractivity contribution >= 4 is 28.8 Å². The summed E-state index contributed by atoms with van der Waals surface area (Å²) in [6, 6.07) is 9.44. The van der Waals surface area contributed by atoms with E-state index < -0.39 is 0 Å². The van der Waals surface area contributed by atoms with E-state index in [1.807, 2.05) is 17.0 Å². The summed E-state index contributed by atoms with van der Waals surface area (Å²) in [5.74, 6) is 0.0424. The van der Waals surface area contributed by atoms with Gasteiger partial charge in [-0.3, -0.25) is 4.79 Å². The van der Waals surface area contributed by atoms with Gasteiger partial charge in [0.2, 0.25) is 0 Å². The van der Waals surface area contributed by atoms with Gasteiger partial charge in [0.05, 0.1) is 10.6 Å². The van der Waals surface area contributed by atoms with Crippen LogP contribution < -0.4 is 0 Å². The molecule has 0 spiro atoms. The van der Waals surface area contributed by atoms with E-state index in [0.717, 1.165) is 25.9 Å². The summed E-state index contributed by atoms with van der Waals surface area (Å²) in [6.07, 6.45) is 1.89. The molecule has 19 heavy (non-hydrogen) atoms. The molecule has 98 valence electrons. The topological polar surface area (TPSA) is 20.3 Å². The highest BCUT2D eigenvalue weighted by molar-refractivity contribution is 7.10. The van der Waals surface area contributed by atoms with Crippen LogP contribution in [0.5, 0.6) is 0 Å². The number of hydrogen-bond donors (Lipinski definition) is 0. The van der Waals surface area contributed by atoms with Gasteiger partial charge >= 0.3 is 0 Å². The van der Waals surface area contributed by atoms with Crippen LogP contribution in [-0.4, -0.2) is 23.9 Å². The van der Waals surface area contributed by atoms with Gasteiger partial charge in [-0.25, -0.2) is 0 Å². The molecule has 0 unspecified atom stereocenters. The molecule has 0 fully saturated rings. The van der Waals surface area contributed by atoms with Crippen molar-refractivity contribution in [1.82, 2.24) is 4.90 Å². The molecular weight excluding hydrogens is 278 g/mol. The molecule has 0 saturated heterocycles. The summed E-state index contributed by atoms with van der Waals surface area (Å²) in [5, 5.41) is 2.67. The highest BCUT2D eigenvalue weighted by atomic mass is 35.5. The first kappa shape index (κ1) is 12.7.